The monoisotopic (exact) mass is 195 g/mol. The lowest BCUT2D eigenvalue weighted by Crippen LogP contribution is -2.36. The van der Waals surface area contributed by atoms with Gasteiger partial charge in [-0.25, -0.2) is 0 Å². The molecule has 13 heavy (non-hydrogen) atoms. The molecular weight excluding hydrogens is 178 g/mol. The minimum absolute atomic E-state index is 0.704. The van der Waals surface area contributed by atoms with Crippen LogP contribution >= 0.6 is 11.3 Å². The van der Waals surface area contributed by atoms with Gasteiger partial charge in [-0.2, -0.15) is 0 Å². The molecule has 1 nitrogen and oxygen atoms in total. The third-order valence-electron chi connectivity index (χ3n) is 3.04. The molecule has 0 radical (unpaired) electrons. The molecule has 1 aliphatic carbocycles. The maximum Gasteiger partial charge on any atom is 0.0302 e. The first-order chi connectivity index (χ1) is 6.36. The van der Waals surface area contributed by atoms with E-state index in [1.807, 2.05) is 11.3 Å². The molecule has 2 rings (SSSR count). The van der Waals surface area contributed by atoms with Crippen molar-refractivity contribution in [3.05, 3.63) is 22.4 Å². The summed E-state index contributed by atoms with van der Waals surface area (Å²) in [5.41, 5.74) is 0. The number of nitrogens with one attached hydrogen (secondary N) is 1. The molecule has 0 saturated heterocycles. The molecule has 72 valence electrons. The highest BCUT2D eigenvalue weighted by atomic mass is 32.1. The Labute approximate surface area is 84.2 Å². The van der Waals surface area contributed by atoms with Crippen LogP contribution in [0.2, 0.25) is 0 Å². The lowest BCUT2D eigenvalue weighted by atomic mass is 9.80. The van der Waals surface area contributed by atoms with Crippen molar-refractivity contribution < 1.29 is 0 Å². The molecule has 1 saturated carbocycles. The van der Waals surface area contributed by atoms with E-state index in [1.54, 1.807) is 0 Å². The van der Waals surface area contributed by atoms with Crippen LogP contribution in [0.3, 0.4) is 0 Å². The van der Waals surface area contributed by atoms with E-state index in [0.717, 1.165) is 12.5 Å². The van der Waals surface area contributed by atoms with Crippen molar-refractivity contribution in [3.63, 3.8) is 0 Å². The number of rotatable bonds is 4. The summed E-state index contributed by atoms with van der Waals surface area (Å²) < 4.78 is 0. The Kier molecular flexibility index (Phi) is 3.01. The van der Waals surface area contributed by atoms with E-state index in [9.17, 15) is 0 Å². The fourth-order valence-corrected chi connectivity index (χ4v) is 2.44. The predicted molar refractivity (Wildman–Crippen MR) is 58.0 cm³/mol. The van der Waals surface area contributed by atoms with Gasteiger partial charge >= 0.3 is 0 Å². The predicted octanol–water partition coefficient (Wildman–Crippen LogP) is 3.03. The van der Waals surface area contributed by atoms with Crippen LogP contribution in [-0.2, 0) is 6.54 Å². The van der Waals surface area contributed by atoms with E-state index in [1.165, 1.54) is 24.1 Å². The van der Waals surface area contributed by atoms with Crippen molar-refractivity contribution in [3.8, 4) is 0 Å². The Hall–Kier alpha value is -0.340. The molecule has 1 aromatic rings. The summed E-state index contributed by atoms with van der Waals surface area (Å²) >= 11 is 1.84. The largest absolute Gasteiger partial charge is 0.309 e. The lowest BCUT2D eigenvalue weighted by molar-refractivity contribution is 0.240. The van der Waals surface area contributed by atoms with Crippen LogP contribution in [0.25, 0.3) is 0 Å². The van der Waals surface area contributed by atoms with E-state index in [4.69, 9.17) is 0 Å². The van der Waals surface area contributed by atoms with Gasteiger partial charge in [-0.15, -0.1) is 11.3 Å². The van der Waals surface area contributed by atoms with Gasteiger partial charge in [0.05, 0.1) is 0 Å². The van der Waals surface area contributed by atoms with Gasteiger partial charge in [-0.05, 0) is 37.1 Å². The third kappa shape index (κ3) is 2.32. The molecule has 0 amide bonds. The molecule has 0 aromatic carbocycles. The van der Waals surface area contributed by atoms with Gasteiger partial charge in [0.1, 0.15) is 0 Å². The zero-order chi connectivity index (χ0) is 9.10. The standard InChI is InChI=1S/C11H17NS/c1-9(10-4-2-5-10)12-8-11-6-3-7-13-11/h3,6-7,9-10,12H,2,4-5,8H2,1H3. The Morgan fingerprint density at radius 2 is 2.46 bits per heavy atom. The van der Waals surface area contributed by atoms with Gasteiger partial charge in [-0.1, -0.05) is 12.5 Å². The molecule has 0 spiro atoms. The van der Waals surface area contributed by atoms with E-state index >= 15 is 0 Å². The molecule has 0 bridgehead atoms. The van der Waals surface area contributed by atoms with Crippen LogP contribution in [-0.4, -0.2) is 6.04 Å². The summed E-state index contributed by atoms with van der Waals surface area (Å²) in [6, 6.07) is 5.02. The summed E-state index contributed by atoms with van der Waals surface area (Å²) in [6.07, 6.45) is 4.30. The zero-order valence-electron chi connectivity index (χ0n) is 8.12. The molecular formula is C11H17NS. The first-order valence-corrected chi connectivity index (χ1v) is 6.00. The highest BCUT2D eigenvalue weighted by Crippen LogP contribution is 2.29. The molecule has 2 heteroatoms. The quantitative estimate of drug-likeness (QED) is 0.778. The topological polar surface area (TPSA) is 12.0 Å². The van der Waals surface area contributed by atoms with Crippen molar-refractivity contribution in [2.24, 2.45) is 5.92 Å². The first kappa shape index (κ1) is 9.22. The van der Waals surface area contributed by atoms with Gasteiger partial charge in [0.2, 0.25) is 0 Å². The van der Waals surface area contributed by atoms with Crippen molar-refractivity contribution >= 4 is 11.3 Å². The van der Waals surface area contributed by atoms with E-state index in [-0.39, 0.29) is 0 Å². The smallest absolute Gasteiger partial charge is 0.0302 e. The van der Waals surface area contributed by atoms with E-state index in [0.29, 0.717) is 6.04 Å². The maximum absolute atomic E-state index is 3.60. The fraction of sp³-hybridized carbons (Fsp3) is 0.636. The van der Waals surface area contributed by atoms with Crippen LogP contribution in [0.4, 0.5) is 0 Å². The first-order valence-electron chi connectivity index (χ1n) is 5.12. The highest BCUT2D eigenvalue weighted by Gasteiger charge is 2.23. The summed E-state index contributed by atoms with van der Waals surface area (Å²) in [5.74, 6) is 0.944. The molecule has 1 heterocycles. The fourth-order valence-electron chi connectivity index (χ4n) is 1.78. The highest BCUT2D eigenvalue weighted by molar-refractivity contribution is 7.09. The third-order valence-corrected chi connectivity index (χ3v) is 3.91. The number of hydrogen-bond acceptors (Lipinski definition) is 2. The Balaban J connectivity index is 1.72. The van der Waals surface area contributed by atoms with Gasteiger partial charge in [0, 0.05) is 17.5 Å². The Bertz CT molecular complexity index is 239. The molecule has 1 N–H and O–H groups in total. The van der Waals surface area contributed by atoms with Crippen molar-refractivity contribution in [2.75, 3.05) is 0 Å². The minimum Gasteiger partial charge on any atom is -0.309 e. The minimum atomic E-state index is 0.704. The second kappa shape index (κ2) is 4.25. The van der Waals surface area contributed by atoms with Gasteiger partial charge in [0.25, 0.3) is 0 Å². The van der Waals surface area contributed by atoms with Gasteiger partial charge in [-0.3, -0.25) is 0 Å². The Morgan fingerprint density at radius 3 is 3.00 bits per heavy atom. The average molecular weight is 195 g/mol. The molecule has 1 fully saturated rings. The Morgan fingerprint density at radius 1 is 1.62 bits per heavy atom. The second-order valence-corrected chi connectivity index (χ2v) is 4.97. The van der Waals surface area contributed by atoms with Crippen molar-refractivity contribution in [2.45, 2.75) is 38.8 Å². The van der Waals surface area contributed by atoms with Gasteiger partial charge < -0.3 is 5.32 Å². The van der Waals surface area contributed by atoms with Crippen LogP contribution < -0.4 is 5.32 Å². The summed E-state index contributed by atoms with van der Waals surface area (Å²) in [4.78, 5) is 1.45. The maximum atomic E-state index is 3.60. The molecule has 1 aliphatic rings. The normalized spacial score (nSPS) is 19.8. The van der Waals surface area contributed by atoms with Gasteiger partial charge in [0.15, 0.2) is 0 Å². The molecule has 1 atom stereocenters. The molecule has 1 aromatic heterocycles. The molecule has 1 unspecified atom stereocenters. The summed E-state index contributed by atoms with van der Waals surface area (Å²) in [6.45, 7) is 3.37. The summed E-state index contributed by atoms with van der Waals surface area (Å²) in [7, 11) is 0. The SMILES string of the molecule is CC(NCc1cccs1)C1CCC1. The van der Waals surface area contributed by atoms with Crippen molar-refractivity contribution in [1.82, 2.24) is 5.32 Å². The average Bonchev–Trinajstić information content (AvgIpc) is 2.49. The van der Waals surface area contributed by atoms with E-state index < -0.39 is 0 Å². The van der Waals surface area contributed by atoms with Crippen LogP contribution in [0.15, 0.2) is 17.5 Å². The van der Waals surface area contributed by atoms with E-state index in [2.05, 4.69) is 29.8 Å². The van der Waals surface area contributed by atoms with Crippen molar-refractivity contribution in [1.29, 1.82) is 0 Å². The van der Waals surface area contributed by atoms with Crippen LogP contribution in [0.5, 0.6) is 0 Å². The number of hydrogen-bond donors (Lipinski definition) is 1. The second-order valence-electron chi connectivity index (χ2n) is 3.94. The van der Waals surface area contributed by atoms with Crippen LogP contribution in [0.1, 0.15) is 31.1 Å². The zero-order valence-corrected chi connectivity index (χ0v) is 8.94. The number of thiophene rings is 1. The molecule has 0 aliphatic heterocycles. The summed E-state index contributed by atoms with van der Waals surface area (Å²) in [5, 5.41) is 5.74. The lowest BCUT2D eigenvalue weighted by Gasteiger charge is -2.31. The van der Waals surface area contributed by atoms with Crippen LogP contribution in [0, 0.1) is 5.92 Å².